The first-order chi connectivity index (χ1) is 14.7. The molecular weight excluding hydrogens is 368 g/mol. The summed E-state index contributed by atoms with van der Waals surface area (Å²) in [5.74, 6) is 1.07. The van der Waals surface area contributed by atoms with Crippen LogP contribution in [0.1, 0.15) is 48.7 Å². The van der Waals surface area contributed by atoms with Gasteiger partial charge in [0.25, 0.3) is 0 Å². The van der Waals surface area contributed by atoms with Crippen LogP contribution in [0.2, 0.25) is 0 Å². The fourth-order valence-corrected chi connectivity index (χ4v) is 4.02. The lowest BCUT2D eigenvalue weighted by Gasteiger charge is -2.16. The summed E-state index contributed by atoms with van der Waals surface area (Å²) in [5, 5.41) is 8.63. The Morgan fingerprint density at radius 3 is 2.27 bits per heavy atom. The minimum absolute atomic E-state index is 0.839. The van der Waals surface area contributed by atoms with Crippen molar-refractivity contribution in [2.45, 2.75) is 46.5 Å². The van der Waals surface area contributed by atoms with Crippen molar-refractivity contribution in [1.29, 1.82) is 0 Å². The highest BCUT2D eigenvalue weighted by molar-refractivity contribution is 5.81. The molecule has 0 fully saturated rings. The Morgan fingerprint density at radius 2 is 1.57 bits per heavy atom. The molecule has 1 N–H and O–H groups in total. The molecule has 4 heteroatoms. The predicted molar refractivity (Wildman–Crippen MR) is 125 cm³/mol. The molecule has 30 heavy (non-hydrogen) atoms. The molecule has 4 aromatic rings. The SMILES string of the molecule is CCCCCNc1c(Cc2ccccc2)c(C)nc2c(-c3ccccc3)c(C)nn12. The summed E-state index contributed by atoms with van der Waals surface area (Å²) in [6.45, 7) is 7.36. The zero-order chi connectivity index (χ0) is 20.9. The number of hydrogen-bond donors (Lipinski definition) is 1. The average Bonchev–Trinajstić information content (AvgIpc) is 3.09. The first-order valence-electron chi connectivity index (χ1n) is 10.9. The summed E-state index contributed by atoms with van der Waals surface area (Å²) in [4.78, 5) is 5.03. The highest BCUT2D eigenvalue weighted by atomic mass is 15.3. The molecule has 0 radical (unpaired) electrons. The van der Waals surface area contributed by atoms with E-state index in [1.54, 1.807) is 0 Å². The van der Waals surface area contributed by atoms with Gasteiger partial charge < -0.3 is 5.32 Å². The van der Waals surface area contributed by atoms with Gasteiger partial charge in [-0.3, -0.25) is 0 Å². The van der Waals surface area contributed by atoms with Gasteiger partial charge in [0.1, 0.15) is 5.82 Å². The normalized spacial score (nSPS) is 11.2. The van der Waals surface area contributed by atoms with Crippen LogP contribution in [0.4, 0.5) is 5.82 Å². The minimum atomic E-state index is 0.839. The Bertz CT molecular complexity index is 1110. The third-order valence-corrected chi connectivity index (χ3v) is 5.60. The molecule has 0 atom stereocenters. The fraction of sp³-hybridized carbons (Fsp3) is 0.308. The van der Waals surface area contributed by atoms with E-state index in [0.29, 0.717) is 0 Å². The standard InChI is InChI=1S/C26H30N4/c1-4-5-12-17-27-25-23(18-21-13-8-6-9-14-21)19(2)28-26-24(20(3)29-30(25)26)22-15-10-7-11-16-22/h6-11,13-16,27H,4-5,12,17-18H2,1-3H3. The molecule has 4 nitrogen and oxygen atoms in total. The molecule has 2 heterocycles. The molecule has 0 aliphatic heterocycles. The molecule has 0 amide bonds. The second-order valence-electron chi connectivity index (χ2n) is 7.88. The number of rotatable bonds is 8. The van der Waals surface area contributed by atoms with E-state index in [2.05, 4.69) is 80.7 Å². The molecule has 4 rings (SSSR count). The van der Waals surface area contributed by atoms with Crippen LogP contribution in [-0.4, -0.2) is 21.1 Å². The molecule has 0 saturated carbocycles. The first kappa shape index (κ1) is 20.1. The number of hydrogen-bond acceptors (Lipinski definition) is 3. The van der Waals surface area contributed by atoms with E-state index in [9.17, 15) is 0 Å². The summed E-state index contributed by atoms with van der Waals surface area (Å²) in [6, 6.07) is 21.0. The number of fused-ring (bicyclic) bond motifs is 1. The summed E-state index contributed by atoms with van der Waals surface area (Å²) in [7, 11) is 0. The molecule has 154 valence electrons. The Balaban J connectivity index is 1.85. The minimum Gasteiger partial charge on any atom is -0.370 e. The van der Waals surface area contributed by atoms with Gasteiger partial charge in [-0.2, -0.15) is 9.61 Å². The van der Waals surface area contributed by atoms with Gasteiger partial charge >= 0.3 is 0 Å². The molecule has 0 aliphatic rings. The maximum Gasteiger partial charge on any atom is 0.165 e. The van der Waals surface area contributed by atoms with Crippen molar-refractivity contribution in [3.8, 4) is 11.1 Å². The first-order valence-corrected chi connectivity index (χ1v) is 10.9. The number of aryl methyl sites for hydroxylation is 2. The van der Waals surface area contributed by atoms with Crippen LogP contribution >= 0.6 is 0 Å². The van der Waals surface area contributed by atoms with E-state index >= 15 is 0 Å². The van der Waals surface area contributed by atoms with Crippen LogP contribution < -0.4 is 5.32 Å². The summed E-state index contributed by atoms with van der Waals surface area (Å²) in [6.07, 6.45) is 4.42. The third kappa shape index (κ3) is 4.09. The van der Waals surface area contributed by atoms with Gasteiger partial charge in [0, 0.05) is 29.8 Å². The number of unbranched alkanes of at least 4 members (excludes halogenated alkanes) is 2. The number of benzene rings is 2. The molecule has 2 aromatic carbocycles. The average molecular weight is 399 g/mol. The van der Waals surface area contributed by atoms with Crippen LogP contribution in [0.25, 0.3) is 16.8 Å². The molecule has 0 bridgehead atoms. The smallest absolute Gasteiger partial charge is 0.165 e. The van der Waals surface area contributed by atoms with Crippen LogP contribution in [-0.2, 0) is 6.42 Å². The second-order valence-corrected chi connectivity index (χ2v) is 7.88. The van der Waals surface area contributed by atoms with Gasteiger partial charge in [-0.1, -0.05) is 80.4 Å². The Labute approximate surface area is 179 Å². The Hall–Kier alpha value is -3.14. The highest BCUT2D eigenvalue weighted by Crippen LogP contribution is 2.32. The topological polar surface area (TPSA) is 42.2 Å². The molecule has 0 unspecified atom stereocenters. The fourth-order valence-electron chi connectivity index (χ4n) is 4.02. The van der Waals surface area contributed by atoms with Crippen molar-refractivity contribution >= 4 is 11.5 Å². The van der Waals surface area contributed by atoms with Crippen molar-refractivity contribution in [2.75, 3.05) is 11.9 Å². The lowest BCUT2D eigenvalue weighted by atomic mass is 10.0. The van der Waals surface area contributed by atoms with E-state index in [4.69, 9.17) is 10.1 Å². The van der Waals surface area contributed by atoms with Crippen LogP contribution in [0.5, 0.6) is 0 Å². The maximum absolute atomic E-state index is 5.03. The third-order valence-electron chi connectivity index (χ3n) is 5.60. The van der Waals surface area contributed by atoms with Gasteiger partial charge in [0.15, 0.2) is 5.65 Å². The van der Waals surface area contributed by atoms with Gasteiger partial charge in [-0.25, -0.2) is 4.98 Å². The van der Waals surface area contributed by atoms with Crippen molar-refractivity contribution in [3.63, 3.8) is 0 Å². The monoisotopic (exact) mass is 398 g/mol. The number of nitrogens with one attached hydrogen (secondary N) is 1. The van der Waals surface area contributed by atoms with E-state index in [1.807, 2.05) is 10.6 Å². The van der Waals surface area contributed by atoms with Gasteiger partial charge in [0.05, 0.1) is 5.69 Å². The second kappa shape index (κ2) is 9.12. The van der Waals surface area contributed by atoms with E-state index < -0.39 is 0 Å². The summed E-state index contributed by atoms with van der Waals surface area (Å²) in [5.41, 5.74) is 7.75. The maximum atomic E-state index is 5.03. The molecule has 0 aliphatic carbocycles. The summed E-state index contributed by atoms with van der Waals surface area (Å²) >= 11 is 0. The Kier molecular flexibility index (Phi) is 6.12. The lowest BCUT2D eigenvalue weighted by molar-refractivity contribution is 0.737. The van der Waals surface area contributed by atoms with E-state index in [0.717, 1.165) is 53.4 Å². The van der Waals surface area contributed by atoms with Crippen molar-refractivity contribution in [3.05, 3.63) is 83.2 Å². The van der Waals surface area contributed by atoms with E-state index in [1.165, 1.54) is 24.0 Å². The Morgan fingerprint density at radius 1 is 0.867 bits per heavy atom. The number of nitrogens with zero attached hydrogens (tertiary/aromatic N) is 3. The van der Waals surface area contributed by atoms with Crippen LogP contribution in [0.3, 0.4) is 0 Å². The highest BCUT2D eigenvalue weighted by Gasteiger charge is 2.20. The molecule has 2 aromatic heterocycles. The van der Waals surface area contributed by atoms with Crippen molar-refractivity contribution in [2.24, 2.45) is 0 Å². The molecule has 0 saturated heterocycles. The van der Waals surface area contributed by atoms with Crippen LogP contribution in [0, 0.1) is 13.8 Å². The largest absolute Gasteiger partial charge is 0.370 e. The predicted octanol–water partition coefficient (Wildman–Crippen LogP) is 6.21. The zero-order valence-corrected chi connectivity index (χ0v) is 18.2. The molecular formula is C26H30N4. The van der Waals surface area contributed by atoms with Gasteiger partial charge in [-0.05, 0) is 31.4 Å². The van der Waals surface area contributed by atoms with E-state index in [-0.39, 0.29) is 0 Å². The quantitative estimate of drug-likeness (QED) is 0.359. The van der Waals surface area contributed by atoms with Gasteiger partial charge in [0.2, 0.25) is 0 Å². The van der Waals surface area contributed by atoms with Crippen molar-refractivity contribution < 1.29 is 0 Å². The molecule has 0 spiro atoms. The lowest BCUT2D eigenvalue weighted by Crippen LogP contribution is -2.13. The number of aromatic nitrogens is 3. The number of anilines is 1. The van der Waals surface area contributed by atoms with Gasteiger partial charge in [-0.15, -0.1) is 0 Å². The van der Waals surface area contributed by atoms with Crippen molar-refractivity contribution in [1.82, 2.24) is 14.6 Å². The zero-order valence-electron chi connectivity index (χ0n) is 18.2. The van der Waals surface area contributed by atoms with Crippen LogP contribution in [0.15, 0.2) is 60.7 Å². The summed E-state index contributed by atoms with van der Waals surface area (Å²) < 4.78 is 2.02.